The highest BCUT2D eigenvalue weighted by atomic mass is 127. The second-order valence-electron chi connectivity index (χ2n) is 4.23. The van der Waals surface area contributed by atoms with E-state index < -0.39 is 0 Å². The molecular weight excluding hydrogens is 365 g/mol. The molecule has 5 heteroatoms. The Bertz CT molecular complexity index is 697. The average molecular weight is 377 g/mol. The molecule has 0 unspecified atom stereocenters. The van der Waals surface area contributed by atoms with Crippen molar-refractivity contribution in [3.05, 3.63) is 64.1 Å². The average Bonchev–Trinajstić information content (AvgIpc) is 2.95. The lowest BCUT2D eigenvalue weighted by molar-refractivity contribution is 0.515. The Morgan fingerprint density at radius 1 is 1.00 bits per heavy atom. The fourth-order valence-corrected chi connectivity index (χ4v) is 2.34. The standard InChI is InChI=1S/C15H12IN3O/c16-12-7-4-8-13(9-12)17-10-14-18-19-15(20-14)11-5-2-1-3-6-11/h1-9,17H,10H2. The molecule has 2 aromatic carbocycles. The number of anilines is 1. The molecular formula is C15H12IN3O. The van der Waals surface area contributed by atoms with E-state index in [1.807, 2.05) is 48.5 Å². The van der Waals surface area contributed by atoms with Gasteiger partial charge in [-0.1, -0.05) is 24.3 Å². The van der Waals surface area contributed by atoms with Gasteiger partial charge in [0, 0.05) is 14.8 Å². The van der Waals surface area contributed by atoms with Gasteiger partial charge in [0.05, 0.1) is 6.54 Å². The quantitative estimate of drug-likeness (QED) is 0.700. The Hall–Kier alpha value is -1.89. The zero-order valence-electron chi connectivity index (χ0n) is 10.6. The van der Waals surface area contributed by atoms with Gasteiger partial charge in [-0.25, -0.2) is 0 Å². The molecule has 100 valence electrons. The van der Waals surface area contributed by atoms with Crippen LogP contribution in [0.2, 0.25) is 0 Å². The molecule has 0 bridgehead atoms. The number of halogens is 1. The Morgan fingerprint density at radius 2 is 1.85 bits per heavy atom. The van der Waals surface area contributed by atoms with Gasteiger partial charge in [0.25, 0.3) is 0 Å². The molecule has 1 N–H and O–H groups in total. The first-order valence-electron chi connectivity index (χ1n) is 6.18. The van der Waals surface area contributed by atoms with Crippen LogP contribution in [0.4, 0.5) is 5.69 Å². The molecule has 3 rings (SSSR count). The van der Waals surface area contributed by atoms with Crippen molar-refractivity contribution >= 4 is 28.3 Å². The third-order valence-corrected chi connectivity index (χ3v) is 3.43. The van der Waals surface area contributed by atoms with Gasteiger partial charge in [0.2, 0.25) is 11.8 Å². The van der Waals surface area contributed by atoms with Crippen LogP contribution in [0.3, 0.4) is 0 Å². The van der Waals surface area contributed by atoms with Gasteiger partial charge in [-0.2, -0.15) is 0 Å². The molecule has 0 radical (unpaired) electrons. The van der Waals surface area contributed by atoms with Crippen molar-refractivity contribution in [3.8, 4) is 11.5 Å². The lowest BCUT2D eigenvalue weighted by Gasteiger charge is -2.03. The number of hydrogen-bond acceptors (Lipinski definition) is 4. The number of nitrogens with zero attached hydrogens (tertiary/aromatic N) is 2. The van der Waals surface area contributed by atoms with Crippen LogP contribution in [-0.4, -0.2) is 10.2 Å². The van der Waals surface area contributed by atoms with Crippen molar-refractivity contribution in [3.63, 3.8) is 0 Å². The normalized spacial score (nSPS) is 10.4. The van der Waals surface area contributed by atoms with Crippen LogP contribution in [0, 0.1) is 3.57 Å². The molecule has 0 saturated heterocycles. The molecule has 0 spiro atoms. The molecule has 0 fully saturated rings. The number of benzene rings is 2. The van der Waals surface area contributed by atoms with Crippen molar-refractivity contribution < 1.29 is 4.42 Å². The van der Waals surface area contributed by atoms with Gasteiger partial charge < -0.3 is 9.73 Å². The van der Waals surface area contributed by atoms with Crippen molar-refractivity contribution in [2.45, 2.75) is 6.54 Å². The molecule has 0 amide bonds. The molecule has 0 atom stereocenters. The molecule has 3 aromatic rings. The third kappa shape index (κ3) is 3.16. The summed E-state index contributed by atoms with van der Waals surface area (Å²) >= 11 is 2.28. The molecule has 0 saturated carbocycles. The van der Waals surface area contributed by atoms with E-state index in [2.05, 4.69) is 44.2 Å². The molecule has 1 heterocycles. The summed E-state index contributed by atoms with van der Waals surface area (Å²) in [5.41, 5.74) is 1.97. The van der Waals surface area contributed by atoms with Crippen LogP contribution >= 0.6 is 22.6 Å². The topological polar surface area (TPSA) is 51.0 Å². The smallest absolute Gasteiger partial charge is 0.247 e. The van der Waals surface area contributed by atoms with Gasteiger partial charge >= 0.3 is 0 Å². The lowest BCUT2D eigenvalue weighted by atomic mass is 10.2. The van der Waals surface area contributed by atoms with E-state index in [0.717, 1.165) is 11.3 Å². The highest BCUT2D eigenvalue weighted by Crippen LogP contribution is 2.18. The van der Waals surface area contributed by atoms with E-state index in [4.69, 9.17) is 4.42 Å². The largest absolute Gasteiger partial charge is 0.419 e. The van der Waals surface area contributed by atoms with E-state index in [-0.39, 0.29) is 0 Å². The monoisotopic (exact) mass is 377 g/mol. The maximum Gasteiger partial charge on any atom is 0.247 e. The maximum atomic E-state index is 5.64. The summed E-state index contributed by atoms with van der Waals surface area (Å²) in [6, 6.07) is 17.9. The Morgan fingerprint density at radius 3 is 2.65 bits per heavy atom. The van der Waals surface area contributed by atoms with Crippen LogP contribution in [0.25, 0.3) is 11.5 Å². The summed E-state index contributed by atoms with van der Waals surface area (Å²) in [4.78, 5) is 0. The van der Waals surface area contributed by atoms with Crippen LogP contribution in [-0.2, 0) is 6.54 Å². The van der Waals surface area contributed by atoms with E-state index >= 15 is 0 Å². The van der Waals surface area contributed by atoms with Crippen LogP contribution in [0.1, 0.15) is 5.89 Å². The van der Waals surface area contributed by atoms with Crippen molar-refractivity contribution in [1.82, 2.24) is 10.2 Å². The number of rotatable bonds is 4. The van der Waals surface area contributed by atoms with Gasteiger partial charge in [-0.15, -0.1) is 10.2 Å². The van der Waals surface area contributed by atoms with Crippen molar-refractivity contribution in [2.24, 2.45) is 0 Å². The minimum atomic E-state index is 0.514. The fourth-order valence-electron chi connectivity index (χ4n) is 1.80. The minimum absolute atomic E-state index is 0.514. The zero-order chi connectivity index (χ0) is 13.8. The van der Waals surface area contributed by atoms with Gasteiger partial charge in [0.1, 0.15) is 0 Å². The summed E-state index contributed by atoms with van der Waals surface area (Å²) < 4.78 is 6.82. The minimum Gasteiger partial charge on any atom is -0.419 e. The van der Waals surface area contributed by atoms with Gasteiger partial charge in [-0.05, 0) is 52.9 Å². The Balaban J connectivity index is 1.69. The molecule has 4 nitrogen and oxygen atoms in total. The third-order valence-electron chi connectivity index (χ3n) is 2.76. The van der Waals surface area contributed by atoms with E-state index in [9.17, 15) is 0 Å². The molecule has 20 heavy (non-hydrogen) atoms. The fraction of sp³-hybridized carbons (Fsp3) is 0.0667. The molecule has 1 aromatic heterocycles. The summed E-state index contributed by atoms with van der Waals surface area (Å²) in [5.74, 6) is 1.12. The zero-order valence-corrected chi connectivity index (χ0v) is 12.7. The molecule has 0 aliphatic heterocycles. The summed E-state index contributed by atoms with van der Waals surface area (Å²) in [7, 11) is 0. The maximum absolute atomic E-state index is 5.64. The Labute approximate surface area is 130 Å². The predicted molar refractivity (Wildman–Crippen MR) is 86.2 cm³/mol. The number of nitrogens with one attached hydrogen (secondary N) is 1. The van der Waals surface area contributed by atoms with E-state index in [0.29, 0.717) is 18.3 Å². The van der Waals surface area contributed by atoms with Crippen molar-refractivity contribution in [1.29, 1.82) is 0 Å². The first-order valence-corrected chi connectivity index (χ1v) is 7.26. The predicted octanol–water partition coefficient (Wildman–Crippen LogP) is 3.95. The second kappa shape index (κ2) is 6.04. The second-order valence-corrected chi connectivity index (χ2v) is 5.48. The molecule has 0 aliphatic rings. The summed E-state index contributed by atoms with van der Waals surface area (Å²) in [5, 5.41) is 11.4. The van der Waals surface area contributed by atoms with Crippen molar-refractivity contribution in [2.75, 3.05) is 5.32 Å². The van der Waals surface area contributed by atoms with E-state index in [1.165, 1.54) is 3.57 Å². The summed E-state index contributed by atoms with van der Waals surface area (Å²) in [6.45, 7) is 0.514. The summed E-state index contributed by atoms with van der Waals surface area (Å²) in [6.07, 6.45) is 0. The van der Waals surface area contributed by atoms with Gasteiger partial charge in [-0.3, -0.25) is 0 Å². The van der Waals surface area contributed by atoms with Crippen LogP contribution in [0.15, 0.2) is 59.0 Å². The molecule has 0 aliphatic carbocycles. The Kier molecular flexibility index (Phi) is 3.96. The van der Waals surface area contributed by atoms with Crippen LogP contribution < -0.4 is 5.32 Å². The van der Waals surface area contributed by atoms with Gasteiger partial charge in [0.15, 0.2) is 0 Å². The van der Waals surface area contributed by atoms with E-state index in [1.54, 1.807) is 0 Å². The highest BCUT2D eigenvalue weighted by molar-refractivity contribution is 14.1. The highest BCUT2D eigenvalue weighted by Gasteiger charge is 2.07. The number of hydrogen-bond donors (Lipinski definition) is 1. The number of aromatic nitrogens is 2. The SMILES string of the molecule is Ic1cccc(NCc2nnc(-c3ccccc3)o2)c1. The van der Waals surface area contributed by atoms with Crippen LogP contribution in [0.5, 0.6) is 0 Å². The first-order chi connectivity index (χ1) is 9.81. The first kappa shape index (κ1) is 13.1. The lowest BCUT2D eigenvalue weighted by Crippen LogP contribution is -1.99.